The fourth-order valence-electron chi connectivity index (χ4n) is 2.98. The normalized spacial score (nSPS) is 15.8. The summed E-state index contributed by atoms with van der Waals surface area (Å²) < 4.78 is 5.28. The molecule has 1 aliphatic carbocycles. The van der Waals surface area contributed by atoms with E-state index >= 15 is 0 Å². The van der Waals surface area contributed by atoms with Gasteiger partial charge in [-0.1, -0.05) is 30.1 Å². The fraction of sp³-hybridized carbons (Fsp3) is 0.467. The van der Waals surface area contributed by atoms with Gasteiger partial charge in [0.15, 0.2) is 5.82 Å². The van der Waals surface area contributed by atoms with E-state index in [1.807, 2.05) is 0 Å². The van der Waals surface area contributed by atoms with Gasteiger partial charge in [-0.05, 0) is 18.9 Å². The second kappa shape index (κ2) is 7.14. The van der Waals surface area contributed by atoms with Crippen LogP contribution in [0.1, 0.15) is 37.4 Å². The first kappa shape index (κ1) is 18.2. The summed E-state index contributed by atoms with van der Waals surface area (Å²) in [6.07, 6.45) is 3.84. The number of nitro benzene ring substituents is 1. The zero-order chi connectivity index (χ0) is 16.4. The Morgan fingerprint density at radius 3 is 2.71 bits per heavy atom. The third-order valence-electron chi connectivity index (χ3n) is 4.27. The molecule has 0 saturated heterocycles. The minimum absolute atomic E-state index is 0. The summed E-state index contributed by atoms with van der Waals surface area (Å²) in [5.74, 6) is 0.929. The quantitative estimate of drug-likeness (QED) is 0.649. The van der Waals surface area contributed by atoms with Crippen LogP contribution in [-0.2, 0) is 12.1 Å². The first-order valence-corrected chi connectivity index (χ1v) is 7.56. The molecule has 1 fully saturated rings. The van der Waals surface area contributed by atoms with Gasteiger partial charge in [0.2, 0.25) is 5.89 Å². The van der Waals surface area contributed by atoms with E-state index in [4.69, 9.17) is 10.3 Å². The highest BCUT2D eigenvalue weighted by molar-refractivity contribution is 5.85. The lowest BCUT2D eigenvalue weighted by Gasteiger charge is -2.18. The van der Waals surface area contributed by atoms with Gasteiger partial charge in [-0.25, -0.2) is 0 Å². The average Bonchev–Trinajstić information content (AvgIpc) is 3.17. The van der Waals surface area contributed by atoms with Crippen LogP contribution < -0.4 is 10.6 Å². The molecule has 2 N–H and O–H groups in total. The summed E-state index contributed by atoms with van der Waals surface area (Å²) in [6, 6.07) is 6.55. The van der Waals surface area contributed by atoms with Crippen molar-refractivity contribution in [3.05, 3.63) is 46.1 Å². The number of hydrogen-bond donors (Lipinski definition) is 1. The van der Waals surface area contributed by atoms with Gasteiger partial charge in [-0.15, -0.1) is 12.4 Å². The molecule has 0 atom stereocenters. The Morgan fingerprint density at radius 1 is 1.38 bits per heavy atom. The Morgan fingerprint density at radius 2 is 2.04 bits per heavy atom. The van der Waals surface area contributed by atoms with E-state index < -0.39 is 10.5 Å². The number of benzene rings is 1. The highest BCUT2D eigenvalue weighted by atomic mass is 35.5. The van der Waals surface area contributed by atoms with Crippen LogP contribution in [0.15, 0.2) is 28.8 Å². The van der Waals surface area contributed by atoms with E-state index in [-0.39, 0.29) is 24.6 Å². The predicted molar refractivity (Wildman–Crippen MR) is 91.1 cm³/mol. The maximum absolute atomic E-state index is 11.1. The molecule has 1 saturated carbocycles. The zero-order valence-corrected chi connectivity index (χ0v) is 14.2. The highest BCUT2D eigenvalue weighted by Crippen LogP contribution is 2.34. The predicted octanol–water partition coefficient (Wildman–Crippen LogP) is 2.76. The van der Waals surface area contributed by atoms with E-state index in [9.17, 15) is 10.1 Å². The van der Waals surface area contributed by atoms with Gasteiger partial charge in [0.05, 0.1) is 17.0 Å². The van der Waals surface area contributed by atoms with Crippen molar-refractivity contribution in [3.63, 3.8) is 0 Å². The van der Waals surface area contributed by atoms with Crippen LogP contribution in [0.2, 0.25) is 0 Å². The maximum Gasteiger partial charge on any atom is 0.292 e. The summed E-state index contributed by atoms with van der Waals surface area (Å²) in [4.78, 5) is 16.8. The lowest BCUT2D eigenvalue weighted by atomic mass is 9.99. The number of rotatable bonds is 5. The zero-order valence-electron chi connectivity index (χ0n) is 13.3. The number of nitro groups is 1. The van der Waals surface area contributed by atoms with E-state index in [1.165, 1.54) is 6.07 Å². The molecule has 0 bridgehead atoms. The Labute approximate surface area is 145 Å². The standard InChI is InChI=1S/C15H19N5O3.ClH/c1-19(11-6-2-3-7-12(11)20(21)22)10-13-17-14(18-23-13)15(16)8-4-5-9-15;/h2-3,6-7H,4-5,8-10,16H2,1H3;1H. The molecule has 1 aliphatic rings. The number of hydrogen-bond acceptors (Lipinski definition) is 7. The van der Waals surface area contributed by atoms with Crippen molar-refractivity contribution in [2.24, 2.45) is 5.73 Å². The van der Waals surface area contributed by atoms with Crippen LogP contribution in [0.3, 0.4) is 0 Å². The van der Waals surface area contributed by atoms with Crippen molar-refractivity contribution in [1.29, 1.82) is 0 Å². The Hall–Kier alpha value is -2.19. The molecule has 8 nitrogen and oxygen atoms in total. The van der Waals surface area contributed by atoms with Crippen molar-refractivity contribution in [2.75, 3.05) is 11.9 Å². The molecular weight excluding hydrogens is 334 g/mol. The molecule has 0 aliphatic heterocycles. The van der Waals surface area contributed by atoms with Crippen LogP contribution in [0, 0.1) is 10.1 Å². The molecule has 0 amide bonds. The first-order chi connectivity index (χ1) is 11.0. The number of nitrogens with two attached hydrogens (primary N) is 1. The molecular formula is C15H20ClN5O3. The molecule has 9 heteroatoms. The van der Waals surface area contributed by atoms with Crippen molar-refractivity contribution >= 4 is 23.8 Å². The Balaban J connectivity index is 0.00000208. The van der Waals surface area contributed by atoms with E-state index in [2.05, 4.69) is 10.1 Å². The minimum Gasteiger partial charge on any atom is -0.360 e. The summed E-state index contributed by atoms with van der Waals surface area (Å²) in [5.41, 5.74) is 6.35. The van der Waals surface area contributed by atoms with Crippen molar-refractivity contribution < 1.29 is 9.45 Å². The lowest BCUT2D eigenvalue weighted by Crippen LogP contribution is -2.34. The van der Waals surface area contributed by atoms with Crippen LogP contribution in [0.25, 0.3) is 0 Å². The topological polar surface area (TPSA) is 111 Å². The number of para-hydroxylation sites is 2. The maximum atomic E-state index is 11.1. The molecule has 0 radical (unpaired) electrons. The molecule has 24 heavy (non-hydrogen) atoms. The van der Waals surface area contributed by atoms with Crippen molar-refractivity contribution in [1.82, 2.24) is 10.1 Å². The average molecular weight is 354 g/mol. The largest absolute Gasteiger partial charge is 0.360 e. The smallest absolute Gasteiger partial charge is 0.292 e. The SMILES string of the molecule is CN(Cc1nc(C2(N)CCCC2)no1)c1ccccc1[N+](=O)[O-].Cl. The van der Waals surface area contributed by atoms with Crippen molar-refractivity contribution in [2.45, 2.75) is 37.8 Å². The van der Waals surface area contributed by atoms with Gasteiger partial charge in [-0.2, -0.15) is 4.98 Å². The molecule has 130 valence electrons. The third kappa shape index (κ3) is 3.49. The van der Waals surface area contributed by atoms with Crippen LogP contribution in [0.4, 0.5) is 11.4 Å². The fourth-order valence-corrected chi connectivity index (χ4v) is 2.98. The molecule has 2 aromatic rings. The number of aromatic nitrogens is 2. The number of nitrogens with zero attached hydrogens (tertiary/aromatic N) is 4. The number of halogens is 1. The van der Waals surface area contributed by atoms with E-state index in [0.29, 0.717) is 17.4 Å². The lowest BCUT2D eigenvalue weighted by molar-refractivity contribution is -0.384. The van der Waals surface area contributed by atoms with Gasteiger partial charge < -0.3 is 15.2 Å². The van der Waals surface area contributed by atoms with Gasteiger partial charge in [-0.3, -0.25) is 10.1 Å². The summed E-state index contributed by atoms with van der Waals surface area (Å²) in [7, 11) is 1.75. The molecule has 3 rings (SSSR count). The van der Waals surface area contributed by atoms with Gasteiger partial charge >= 0.3 is 0 Å². The van der Waals surface area contributed by atoms with Crippen molar-refractivity contribution in [3.8, 4) is 0 Å². The van der Waals surface area contributed by atoms with E-state index in [1.54, 1.807) is 30.1 Å². The highest BCUT2D eigenvalue weighted by Gasteiger charge is 2.36. The van der Waals surface area contributed by atoms with Gasteiger partial charge in [0.1, 0.15) is 5.69 Å². The van der Waals surface area contributed by atoms with Crippen LogP contribution >= 0.6 is 12.4 Å². The second-order valence-corrected chi connectivity index (χ2v) is 5.98. The Bertz CT molecular complexity index is 715. The monoisotopic (exact) mass is 353 g/mol. The summed E-state index contributed by atoms with van der Waals surface area (Å²) in [5, 5.41) is 15.1. The Kier molecular flexibility index (Phi) is 5.40. The molecule has 0 spiro atoms. The number of anilines is 1. The molecule has 1 heterocycles. The second-order valence-electron chi connectivity index (χ2n) is 5.98. The van der Waals surface area contributed by atoms with Gasteiger partial charge in [0.25, 0.3) is 5.69 Å². The van der Waals surface area contributed by atoms with Crippen LogP contribution in [-0.4, -0.2) is 22.1 Å². The summed E-state index contributed by atoms with van der Waals surface area (Å²) in [6.45, 7) is 0.286. The molecule has 1 aromatic heterocycles. The van der Waals surface area contributed by atoms with E-state index in [0.717, 1.165) is 25.7 Å². The summed E-state index contributed by atoms with van der Waals surface area (Å²) >= 11 is 0. The minimum atomic E-state index is -0.501. The molecule has 0 unspecified atom stereocenters. The molecule has 1 aromatic carbocycles. The van der Waals surface area contributed by atoms with Gasteiger partial charge in [0, 0.05) is 13.1 Å². The first-order valence-electron chi connectivity index (χ1n) is 7.56. The third-order valence-corrected chi connectivity index (χ3v) is 4.27. The van der Waals surface area contributed by atoms with Crippen LogP contribution in [0.5, 0.6) is 0 Å².